The Labute approximate surface area is 304 Å². The molecule has 1 unspecified atom stereocenters. The molecule has 1 aliphatic heterocycles. The molecular formula is C37H51F2N2O10P. The molecule has 5 N–H and O–H groups in total. The molecule has 1 saturated heterocycles. The first-order chi connectivity index (χ1) is 24.9. The zero-order valence-electron chi connectivity index (χ0n) is 30.6. The molecule has 12 nitrogen and oxygen atoms in total. The van der Waals surface area contributed by atoms with Gasteiger partial charge in [0, 0.05) is 43.5 Å². The van der Waals surface area contributed by atoms with E-state index in [4.69, 9.17) is 15.9 Å². The van der Waals surface area contributed by atoms with E-state index in [1.54, 1.807) is 36.1 Å². The quantitative estimate of drug-likeness (QED) is 0.0403. The number of alkyl halides is 2. The summed E-state index contributed by atoms with van der Waals surface area (Å²) in [7, 11) is -4.59. The molecule has 1 heterocycles. The van der Waals surface area contributed by atoms with E-state index in [1.165, 1.54) is 18.2 Å². The van der Waals surface area contributed by atoms with Crippen LogP contribution in [0.5, 0.6) is 0 Å². The van der Waals surface area contributed by atoms with Gasteiger partial charge >= 0.3 is 19.5 Å². The molecule has 15 heteroatoms. The van der Waals surface area contributed by atoms with Gasteiger partial charge in [-0.25, -0.2) is 0 Å². The van der Waals surface area contributed by atoms with Crippen LogP contribution in [0.4, 0.5) is 8.78 Å². The second-order valence-electron chi connectivity index (χ2n) is 12.6. The van der Waals surface area contributed by atoms with Gasteiger partial charge in [-0.15, -0.1) is 0 Å². The molecule has 0 spiro atoms. The van der Waals surface area contributed by atoms with E-state index >= 15 is 0 Å². The number of ether oxygens (including phenoxy) is 1. The Morgan fingerprint density at radius 3 is 2.40 bits per heavy atom. The highest BCUT2D eigenvalue weighted by molar-refractivity contribution is 7.53. The summed E-state index contributed by atoms with van der Waals surface area (Å²) in [5.74, 6) is -4.04. The van der Waals surface area contributed by atoms with Crippen LogP contribution in [0.3, 0.4) is 0 Å². The Bertz CT molecular complexity index is 1550. The summed E-state index contributed by atoms with van der Waals surface area (Å²) in [4.78, 5) is 65.2. The summed E-state index contributed by atoms with van der Waals surface area (Å²) in [6, 6.07) is 11.1. The van der Waals surface area contributed by atoms with E-state index in [9.17, 15) is 42.7 Å². The first-order valence-electron chi connectivity index (χ1n) is 17.8. The second kappa shape index (κ2) is 21.7. The maximum absolute atomic E-state index is 14.5. The number of nitrogens with one attached hydrogen (secondary N) is 1. The van der Waals surface area contributed by atoms with Crippen molar-refractivity contribution in [3.8, 4) is 0 Å². The number of carbonyl (C=O) groups excluding carboxylic acids is 4. The molecule has 52 heavy (non-hydrogen) atoms. The van der Waals surface area contributed by atoms with Gasteiger partial charge in [-0.2, -0.15) is 8.78 Å². The Hall–Kier alpha value is -3.81. The van der Waals surface area contributed by atoms with Crippen LogP contribution >= 0.6 is 7.60 Å². The van der Waals surface area contributed by atoms with Crippen LogP contribution < -0.4 is 5.32 Å². The van der Waals surface area contributed by atoms with Crippen molar-refractivity contribution in [3.63, 3.8) is 0 Å². The van der Waals surface area contributed by atoms with Crippen molar-refractivity contribution < 1.29 is 58.6 Å². The lowest BCUT2D eigenvalue weighted by Crippen LogP contribution is -2.34. The van der Waals surface area contributed by atoms with E-state index in [0.29, 0.717) is 44.4 Å². The van der Waals surface area contributed by atoms with Gasteiger partial charge in [-0.05, 0) is 63.6 Å². The van der Waals surface area contributed by atoms with Crippen LogP contribution in [0, 0.1) is 0 Å². The molecule has 2 amide bonds. The van der Waals surface area contributed by atoms with Crippen molar-refractivity contribution in [1.29, 1.82) is 0 Å². The number of nitrogens with zero attached hydrogens (tertiary/aromatic N) is 1. The number of esters is 1. The molecule has 0 bridgehead atoms. The summed E-state index contributed by atoms with van der Waals surface area (Å²) in [5, 5.41) is 20.2. The van der Waals surface area contributed by atoms with Crippen molar-refractivity contribution in [2.75, 3.05) is 19.7 Å². The minimum absolute atomic E-state index is 0.0199. The number of hydrogen-bond acceptors (Lipinski definition) is 8. The van der Waals surface area contributed by atoms with Gasteiger partial charge in [0.15, 0.2) is 5.34 Å². The molecular weight excluding hydrogens is 703 g/mol. The Morgan fingerprint density at radius 2 is 1.79 bits per heavy atom. The second-order valence-corrected chi connectivity index (χ2v) is 14.6. The minimum atomic E-state index is -4.59. The maximum Gasteiger partial charge on any atom is 0.356 e. The lowest BCUT2D eigenvalue weighted by Gasteiger charge is -2.24. The van der Waals surface area contributed by atoms with Gasteiger partial charge in [0.1, 0.15) is 12.4 Å². The number of aliphatic hydroxyl groups is 2. The van der Waals surface area contributed by atoms with E-state index in [0.717, 1.165) is 62.7 Å². The van der Waals surface area contributed by atoms with Crippen LogP contribution in [0.2, 0.25) is 0 Å². The predicted octanol–water partition coefficient (Wildman–Crippen LogP) is 5.02. The standard InChI is InChI=1S/C23H31F2NO4.C14H20NO6P/c1-2-30-22(29)12-8-3-4-9-17-26-19(14-16-21(26)28)13-15-20(27)23(24,25)18-10-6-5-7-11-18;1-14(18,22(19,20)21)8-2-9-15-13(17)12-5-3-11(4-6-12)7-10-16/h5-7,10-11,13,15,19-20,27H,2-4,8-9,12,14,16-17H2,1H3;3-6,10,18H,2,7-9H2,1H3,(H,15,17)(H2,19,20,21)/b15-13+;/t19-,20+;/m0./s1/i5T;10+2. The molecule has 0 aromatic heterocycles. The average Bonchev–Trinajstić information content (AvgIpc) is 3.46. The summed E-state index contributed by atoms with van der Waals surface area (Å²) < 4.78 is 52.2. The molecule has 0 radical (unpaired) electrons. The van der Waals surface area contributed by atoms with Crippen LogP contribution in [0.1, 0.15) is 94.5 Å². The zero-order chi connectivity index (χ0) is 39.7. The first-order valence-corrected chi connectivity index (χ1v) is 18.9. The Morgan fingerprint density at radius 1 is 1.13 bits per heavy atom. The highest BCUT2D eigenvalue weighted by Gasteiger charge is 2.40. The van der Waals surface area contributed by atoms with Gasteiger partial charge in [0.2, 0.25) is 5.91 Å². The number of amides is 2. The molecule has 3 atom stereocenters. The van der Waals surface area contributed by atoms with Crippen LogP contribution in [-0.2, 0) is 36.0 Å². The highest BCUT2D eigenvalue weighted by Crippen LogP contribution is 2.50. The number of benzene rings is 2. The summed E-state index contributed by atoms with van der Waals surface area (Å²) in [5.41, 5.74) is 0.878. The van der Waals surface area contributed by atoms with Crippen molar-refractivity contribution in [2.45, 2.75) is 101 Å². The van der Waals surface area contributed by atoms with E-state index in [1.807, 2.05) is 0 Å². The number of aliphatic hydroxyl groups excluding tert-OH is 1. The smallest absolute Gasteiger partial charge is 0.356 e. The maximum atomic E-state index is 14.5. The Kier molecular flexibility index (Phi) is 17.7. The SMILES string of the molecule is CC(O)(CCCNC(=O)c1ccc(C[14CH]=O)cc1)P(=O)(O)O.[3H]c1ccc(C(F)(F)[C@H](O)/C=C/[C@H]2CCC(=O)N2CCCCCCC(=O)OCC)cc1. The van der Waals surface area contributed by atoms with E-state index in [-0.39, 0.29) is 54.8 Å². The third-order valence-corrected chi connectivity index (χ3v) is 9.95. The largest absolute Gasteiger partial charge is 0.466 e. The van der Waals surface area contributed by atoms with E-state index in [2.05, 4.69) is 5.32 Å². The normalized spacial score (nSPS) is 16.8. The minimum Gasteiger partial charge on any atom is -0.466 e. The molecule has 3 rings (SSSR count). The number of likely N-dealkylation sites (tertiary alicyclic amines) is 1. The number of rotatable bonds is 20. The predicted molar refractivity (Wildman–Crippen MR) is 190 cm³/mol. The van der Waals surface area contributed by atoms with Gasteiger partial charge in [-0.3, -0.25) is 18.9 Å². The van der Waals surface area contributed by atoms with Crippen LogP contribution in [-0.4, -0.2) is 86.2 Å². The fourth-order valence-corrected chi connectivity index (χ4v) is 5.73. The Balaban J connectivity index is 0.000000390. The number of aldehydes is 1. The lowest BCUT2D eigenvalue weighted by atomic mass is 10.0. The monoisotopic (exact) mass is 756 g/mol. The van der Waals surface area contributed by atoms with Crippen molar-refractivity contribution in [1.82, 2.24) is 10.2 Å². The van der Waals surface area contributed by atoms with Gasteiger partial charge in [0.25, 0.3) is 5.91 Å². The van der Waals surface area contributed by atoms with Gasteiger partial charge in [-0.1, -0.05) is 67.4 Å². The lowest BCUT2D eigenvalue weighted by molar-refractivity contribution is -0.143. The molecule has 288 valence electrons. The summed E-state index contributed by atoms with van der Waals surface area (Å²) >= 11 is 0. The topological polar surface area (TPSA) is 191 Å². The molecule has 0 aliphatic carbocycles. The molecule has 2 aromatic carbocycles. The number of carbonyl (C=O) groups is 4. The number of unbranched alkanes of at least 4 members (excludes halogenated alkanes) is 3. The zero-order valence-corrected chi connectivity index (χ0v) is 30.5. The highest BCUT2D eigenvalue weighted by atomic mass is 31.2. The molecule has 2 aromatic rings. The third-order valence-electron chi connectivity index (χ3n) is 8.48. The van der Waals surface area contributed by atoms with Crippen molar-refractivity contribution in [2.24, 2.45) is 0 Å². The van der Waals surface area contributed by atoms with E-state index < -0.39 is 25.0 Å². The molecule has 1 fully saturated rings. The number of halogens is 2. The van der Waals surface area contributed by atoms with Gasteiger partial charge in [0.05, 0.1) is 14.0 Å². The molecule has 1 aliphatic rings. The van der Waals surface area contributed by atoms with Crippen LogP contribution in [0.15, 0.2) is 66.7 Å². The van der Waals surface area contributed by atoms with Crippen molar-refractivity contribution >= 4 is 31.7 Å². The summed E-state index contributed by atoms with van der Waals surface area (Å²) in [6.45, 7) is 3.92. The average molecular weight is 757 g/mol. The fourth-order valence-electron chi connectivity index (χ4n) is 5.28. The summed E-state index contributed by atoms with van der Waals surface area (Å²) in [6.07, 6.45) is 6.17. The first kappa shape index (κ1) is 42.6. The van der Waals surface area contributed by atoms with Crippen LogP contribution in [0.25, 0.3) is 0 Å². The molecule has 0 saturated carbocycles. The fraction of sp³-hybridized carbons (Fsp3) is 0.514. The third kappa shape index (κ3) is 14.7. The number of hydrogen-bond donors (Lipinski definition) is 5. The van der Waals surface area contributed by atoms with Crippen molar-refractivity contribution in [3.05, 3.63) is 83.4 Å². The van der Waals surface area contributed by atoms with Gasteiger partial charge < -0.3 is 39.7 Å².